The molecular weight excluding hydrogens is 521 g/mol. The Bertz CT molecular complexity index is 1390. The van der Waals surface area contributed by atoms with E-state index in [9.17, 15) is 14.0 Å². The molecule has 1 saturated carbocycles. The van der Waals surface area contributed by atoms with E-state index in [1.165, 1.54) is 29.8 Å². The van der Waals surface area contributed by atoms with Crippen LogP contribution in [0.4, 0.5) is 21.6 Å². The van der Waals surface area contributed by atoms with Crippen LogP contribution in [0.15, 0.2) is 41.2 Å². The van der Waals surface area contributed by atoms with E-state index in [2.05, 4.69) is 20.1 Å². The number of halogens is 1. The molecule has 1 heterocycles. The largest absolute Gasteiger partial charge is 0.495 e. The second-order valence-electron chi connectivity index (χ2n) is 8.77. The molecule has 1 aromatic heterocycles. The summed E-state index contributed by atoms with van der Waals surface area (Å²) in [6.45, 7) is 7.38. The Morgan fingerprint density at radius 2 is 1.82 bits per heavy atom. The third kappa shape index (κ3) is 7.04. The highest BCUT2D eigenvalue weighted by molar-refractivity contribution is 7.98. The fourth-order valence-corrected chi connectivity index (χ4v) is 4.16. The molecule has 2 aromatic carbocycles. The first kappa shape index (κ1) is 29.9. The van der Waals surface area contributed by atoms with Crippen molar-refractivity contribution in [2.75, 3.05) is 24.2 Å². The summed E-state index contributed by atoms with van der Waals surface area (Å²) in [5, 5.41) is 5.93. The van der Waals surface area contributed by atoms with E-state index in [0.717, 1.165) is 18.4 Å². The van der Waals surface area contributed by atoms with Crippen molar-refractivity contribution in [1.29, 1.82) is 0 Å². The van der Waals surface area contributed by atoms with E-state index in [-0.39, 0.29) is 40.0 Å². The fourth-order valence-electron chi connectivity index (χ4n) is 3.79. The van der Waals surface area contributed by atoms with Crippen LogP contribution in [0.2, 0.25) is 0 Å². The van der Waals surface area contributed by atoms with Gasteiger partial charge in [0.2, 0.25) is 0 Å². The summed E-state index contributed by atoms with van der Waals surface area (Å²) in [4.78, 5) is 26.7. The predicted octanol–water partition coefficient (Wildman–Crippen LogP) is 5.80. The number of carbonyl (C=O) groups is 1. The highest BCUT2D eigenvalue weighted by Gasteiger charge is 2.30. The Hall–Kier alpha value is -3.70. The molecule has 1 aliphatic carbocycles. The Balaban J connectivity index is 0.00000205. The molecule has 0 spiro atoms. The summed E-state index contributed by atoms with van der Waals surface area (Å²) in [5.74, 6) is 0.266. The molecule has 9 nitrogen and oxygen atoms in total. The van der Waals surface area contributed by atoms with Gasteiger partial charge in [-0.15, -0.1) is 0 Å². The molecular formula is C28H36FN5O4S. The summed E-state index contributed by atoms with van der Waals surface area (Å²) in [7, 11) is 4.86. The number of methoxy groups -OCH3 is 1. The van der Waals surface area contributed by atoms with Crippen LogP contribution in [0.1, 0.15) is 48.2 Å². The molecule has 39 heavy (non-hydrogen) atoms. The molecule has 1 amide bonds. The number of aromatic nitrogens is 1. The summed E-state index contributed by atoms with van der Waals surface area (Å²) >= 11 is 1.24. The van der Waals surface area contributed by atoms with Gasteiger partial charge in [0.05, 0.1) is 24.0 Å². The minimum Gasteiger partial charge on any atom is -0.495 e. The summed E-state index contributed by atoms with van der Waals surface area (Å²) in [5.41, 5.74) is 1.48. The molecule has 0 bridgehead atoms. The lowest BCUT2D eigenvalue weighted by atomic mass is 10.1. The van der Waals surface area contributed by atoms with E-state index >= 15 is 0 Å². The molecule has 0 saturated heterocycles. The van der Waals surface area contributed by atoms with Crippen LogP contribution < -0.4 is 35.1 Å². The number of nitrogens with one attached hydrogen (secondary N) is 4. The number of benzene rings is 2. The first-order valence-electron chi connectivity index (χ1n) is 12.8. The fraction of sp³-hybridized carbons (Fsp3) is 0.357. The van der Waals surface area contributed by atoms with Crippen molar-refractivity contribution in [2.24, 2.45) is 7.05 Å². The van der Waals surface area contributed by atoms with Gasteiger partial charge in [0.1, 0.15) is 28.7 Å². The number of ether oxygens (including phenoxy) is 2. The number of rotatable bonds is 10. The molecule has 1 aliphatic rings. The number of anilines is 3. The second kappa shape index (κ2) is 13.4. The van der Waals surface area contributed by atoms with E-state index in [1.54, 1.807) is 58.3 Å². The van der Waals surface area contributed by atoms with Gasteiger partial charge >= 0.3 is 0 Å². The van der Waals surface area contributed by atoms with Crippen LogP contribution in [0.3, 0.4) is 0 Å². The van der Waals surface area contributed by atoms with Gasteiger partial charge in [0.25, 0.3) is 11.5 Å². The van der Waals surface area contributed by atoms with Crippen LogP contribution in [0.25, 0.3) is 0 Å². The minimum atomic E-state index is -0.503. The number of pyridine rings is 1. The predicted molar refractivity (Wildman–Crippen MR) is 156 cm³/mol. The zero-order valence-corrected chi connectivity index (χ0v) is 24.1. The second-order valence-corrected chi connectivity index (χ2v) is 9.59. The van der Waals surface area contributed by atoms with Crippen LogP contribution in [0, 0.1) is 19.7 Å². The van der Waals surface area contributed by atoms with Crippen molar-refractivity contribution >= 4 is 35.2 Å². The molecule has 3 aromatic rings. The molecule has 0 radical (unpaired) electrons. The lowest BCUT2D eigenvalue weighted by molar-refractivity contribution is 0.0948. The van der Waals surface area contributed by atoms with Gasteiger partial charge in [-0.25, -0.2) is 9.11 Å². The highest BCUT2D eigenvalue weighted by Crippen LogP contribution is 2.37. The summed E-state index contributed by atoms with van der Waals surface area (Å²) in [6.07, 6.45) is 1.75. The van der Waals surface area contributed by atoms with E-state index in [4.69, 9.17) is 9.47 Å². The van der Waals surface area contributed by atoms with Gasteiger partial charge in [0.15, 0.2) is 5.75 Å². The molecule has 11 heteroatoms. The van der Waals surface area contributed by atoms with Crippen molar-refractivity contribution in [3.05, 3.63) is 69.3 Å². The van der Waals surface area contributed by atoms with Crippen molar-refractivity contribution in [1.82, 2.24) is 14.6 Å². The van der Waals surface area contributed by atoms with Gasteiger partial charge in [-0.2, -0.15) is 0 Å². The van der Waals surface area contributed by atoms with Gasteiger partial charge in [-0.05, 0) is 63.6 Å². The topological polar surface area (TPSA) is 106 Å². The number of carbonyl (C=O) groups excluding carboxylic acids is 1. The summed E-state index contributed by atoms with van der Waals surface area (Å²) < 4.78 is 33.7. The molecule has 210 valence electrons. The van der Waals surface area contributed by atoms with Gasteiger partial charge in [0, 0.05) is 31.3 Å². The number of nitrogens with zero attached hydrogens (tertiary/aromatic N) is 1. The summed E-state index contributed by atoms with van der Waals surface area (Å²) in [6, 6.07) is 9.85. The van der Waals surface area contributed by atoms with Crippen molar-refractivity contribution in [3.63, 3.8) is 0 Å². The molecule has 4 rings (SSSR count). The van der Waals surface area contributed by atoms with Gasteiger partial charge in [-0.1, -0.05) is 19.9 Å². The quantitative estimate of drug-likeness (QED) is 0.232. The third-order valence-corrected chi connectivity index (χ3v) is 6.46. The Labute approximate surface area is 232 Å². The first-order valence-corrected chi connectivity index (χ1v) is 13.6. The maximum atomic E-state index is 14.8. The van der Waals surface area contributed by atoms with Gasteiger partial charge < -0.3 is 24.8 Å². The normalized spacial score (nSPS) is 12.2. The van der Waals surface area contributed by atoms with Crippen LogP contribution in [0.5, 0.6) is 17.2 Å². The number of hydrogen-bond donors (Lipinski definition) is 4. The monoisotopic (exact) mass is 557 g/mol. The zero-order chi connectivity index (χ0) is 28.7. The van der Waals surface area contributed by atoms with Crippen molar-refractivity contribution < 1.29 is 18.7 Å². The van der Waals surface area contributed by atoms with Crippen molar-refractivity contribution in [3.8, 4) is 17.2 Å². The maximum absolute atomic E-state index is 14.8. The SMILES string of the molecule is CC.CNSNc1cc(Oc2c(C(=O)NC3CC3)c(Nc3ccc(C)cc3F)n(C)c(=O)c2C)ccc1OC. The molecule has 0 unspecified atom stereocenters. The highest BCUT2D eigenvalue weighted by atomic mass is 32.2. The Kier molecular flexibility index (Phi) is 10.2. The van der Waals surface area contributed by atoms with Gasteiger partial charge in [-0.3, -0.25) is 14.2 Å². The lowest BCUT2D eigenvalue weighted by Crippen LogP contribution is -2.31. The standard InChI is InChI=1S/C26H30FN5O4S.C2H6/c1-14-6-10-19(18(27)12-14)30-24-22(25(33)29-16-7-8-16)23(15(2)26(34)32(24)4)36-17-9-11-21(35-5)20(13-17)31-37-28-3;1-2/h6,9-13,16,28,30-31H,7-8H2,1-5H3,(H,29,33);1-2H3. The average Bonchev–Trinajstić information content (AvgIpc) is 3.75. The van der Waals surface area contributed by atoms with Crippen LogP contribution in [-0.4, -0.2) is 30.7 Å². The molecule has 1 fully saturated rings. The Morgan fingerprint density at radius 3 is 2.44 bits per heavy atom. The van der Waals surface area contributed by atoms with E-state index in [0.29, 0.717) is 17.2 Å². The minimum absolute atomic E-state index is 0.0530. The first-order chi connectivity index (χ1) is 18.7. The smallest absolute Gasteiger partial charge is 0.259 e. The Morgan fingerprint density at radius 1 is 1.10 bits per heavy atom. The van der Waals surface area contributed by atoms with E-state index < -0.39 is 11.7 Å². The number of hydrogen-bond acceptors (Lipinski definition) is 8. The third-order valence-electron chi connectivity index (χ3n) is 5.94. The number of amides is 1. The molecule has 0 atom stereocenters. The van der Waals surface area contributed by atoms with Crippen LogP contribution in [-0.2, 0) is 7.05 Å². The molecule has 4 N–H and O–H groups in total. The maximum Gasteiger partial charge on any atom is 0.259 e. The average molecular weight is 558 g/mol. The molecule has 0 aliphatic heterocycles. The van der Waals surface area contributed by atoms with E-state index in [1.807, 2.05) is 13.8 Å². The number of aryl methyl sites for hydroxylation is 1. The van der Waals surface area contributed by atoms with Crippen molar-refractivity contribution in [2.45, 2.75) is 46.6 Å². The zero-order valence-electron chi connectivity index (χ0n) is 23.3. The van der Waals surface area contributed by atoms with Crippen LogP contribution >= 0.6 is 12.1 Å². The lowest BCUT2D eigenvalue weighted by Gasteiger charge is -2.22.